The molecular weight excluding hydrogens is 333 g/mol. The molecule has 8 heteroatoms. The highest BCUT2D eigenvalue weighted by atomic mass is 32.2. The zero-order chi connectivity index (χ0) is 17.5. The highest BCUT2D eigenvalue weighted by Gasteiger charge is 2.21. The summed E-state index contributed by atoms with van der Waals surface area (Å²) in [6.07, 6.45) is 0. The van der Waals surface area contributed by atoms with E-state index in [0.29, 0.717) is 24.3 Å². The van der Waals surface area contributed by atoms with Crippen LogP contribution in [0.3, 0.4) is 0 Å². The summed E-state index contributed by atoms with van der Waals surface area (Å²) in [5, 5.41) is 7.96. The van der Waals surface area contributed by atoms with Crippen molar-refractivity contribution in [3.63, 3.8) is 0 Å². The number of carbonyl (C=O) groups excluding carboxylic acids is 1. The number of hydrogen-bond donors (Lipinski definition) is 0. The first-order valence-corrected chi connectivity index (χ1v) is 8.44. The number of aromatic nitrogens is 2. The van der Waals surface area contributed by atoms with Gasteiger partial charge < -0.3 is 14.1 Å². The number of carbonyl (C=O) groups is 1. The van der Waals surface area contributed by atoms with Gasteiger partial charge in [0, 0.05) is 20.6 Å². The molecular formula is C16H20FN3O3S. The molecule has 1 unspecified atom stereocenters. The Labute approximate surface area is 144 Å². The molecule has 2 rings (SSSR count). The molecule has 0 bridgehead atoms. The first kappa shape index (κ1) is 18.4. The van der Waals surface area contributed by atoms with Crippen LogP contribution in [0.25, 0.3) is 0 Å². The third kappa shape index (κ3) is 5.31. The van der Waals surface area contributed by atoms with Crippen LogP contribution in [0.5, 0.6) is 0 Å². The molecule has 1 amide bonds. The van der Waals surface area contributed by atoms with Gasteiger partial charge in [0.15, 0.2) is 0 Å². The largest absolute Gasteiger partial charge is 0.416 e. The summed E-state index contributed by atoms with van der Waals surface area (Å²) in [4.78, 5) is 14.3. The fraction of sp³-hybridized carbons (Fsp3) is 0.438. The van der Waals surface area contributed by atoms with Gasteiger partial charge in [0.05, 0.1) is 18.4 Å². The standard InChI is InChI=1S/C16H20FN3O3S/c1-11(9-22-3)20(8-13-4-6-14(17)7-5-13)15(21)10-24-16-19-18-12(2)23-16/h4-7,11H,8-10H2,1-3H3. The van der Waals surface area contributed by atoms with E-state index in [1.54, 1.807) is 31.1 Å². The molecule has 0 spiro atoms. The Morgan fingerprint density at radius 1 is 1.38 bits per heavy atom. The zero-order valence-electron chi connectivity index (χ0n) is 13.9. The molecule has 1 aromatic carbocycles. The van der Waals surface area contributed by atoms with Crippen molar-refractivity contribution >= 4 is 17.7 Å². The van der Waals surface area contributed by atoms with Crippen molar-refractivity contribution in [3.05, 3.63) is 41.5 Å². The lowest BCUT2D eigenvalue weighted by atomic mass is 10.2. The van der Waals surface area contributed by atoms with Crippen LogP contribution in [0.2, 0.25) is 0 Å². The summed E-state index contributed by atoms with van der Waals surface area (Å²) < 4.78 is 23.5. The minimum Gasteiger partial charge on any atom is -0.416 e. The summed E-state index contributed by atoms with van der Waals surface area (Å²) in [7, 11) is 1.59. The van der Waals surface area contributed by atoms with Crippen LogP contribution in [0.1, 0.15) is 18.4 Å². The Kier molecular flexibility index (Phi) is 6.74. The second-order valence-corrected chi connectivity index (χ2v) is 6.25. The number of benzene rings is 1. The van der Waals surface area contributed by atoms with Crippen LogP contribution in [0.15, 0.2) is 33.9 Å². The van der Waals surface area contributed by atoms with Crippen molar-refractivity contribution in [3.8, 4) is 0 Å². The first-order valence-electron chi connectivity index (χ1n) is 7.45. The normalized spacial score (nSPS) is 12.2. The average Bonchev–Trinajstić information content (AvgIpc) is 2.97. The Morgan fingerprint density at radius 3 is 2.67 bits per heavy atom. The maximum absolute atomic E-state index is 13.0. The molecule has 0 N–H and O–H groups in total. The highest BCUT2D eigenvalue weighted by molar-refractivity contribution is 7.99. The maximum atomic E-state index is 13.0. The lowest BCUT2D eigenvalue weighted by Crippen LogP contribution is -2.41. The van der Waals surface area contributed by atoms with Gasteiger partial charge in [0.25, 0.3) is 5.22 Å². The molecule has 0 radical (unpaired) electrons. The lowest BCUT2D eigenvalue weighted by Gasteiger charge is -2.29. The second kappa shape index (κ2) is 8.79. The predicted octanol–water partition coefficient (Wildman–Crippen LogP) is 2.67. The summed E-state index contributed by atoms with van der Waals surface area (Å²) in [5.74, 6) is 0.256. The summed E-state index contributed by atoms with van der Waals surface area (Å²) >= 11 is 1.19. The average molecular weight is 353 g/mol. The van der Waals surface area contributed by atoms with E-state index in [9.17, 15) is 9.18 Å². The molecule has 0 aliphatic heterocycles. The fourth-order valence-corrected chi connectivity index (χ4v) is 2.84. The van der Waals surface area contributed by atoms with Crippen molar-refractivity contribution in [1.82, 2.24) is 15.1 Å². The molecule has 1 heterocycles. The van der Waals surface area contributed by atoms with E-state index in [2.05, 4.69) is 10.2 Å². The second-order valence-electron chi connectivity index (χ2n) is 5.33. The van der Waals surface area contributed by atoms with Crippen LogP contribution in [0, 0.1) is 12.7 Å². The minimum atomic E-state index is -0.302. The summed E-state index contributed by atoms with van der Waals surface area (Å²) in [6.45, 7) is 4.40. The van der Waals surface area contributed by atoms with Gasteiger partial charge in [-0.25, -0.2) is 4.39 Å². The van der Waals surface area contributed by atoms with Gasteiger partial charge >= 0.3 is 0 Å². The van der Waals surface area contributed by atoms with E-state index in [1.807, 2.05) is 6.92 Å². The van der Waals surface area contributed by atoms with Gasteiger partial charge in [0.2, 0.25) is 11.8 Å². The summed E-state index contributed by atoms with van der Waals surface area (Å²) in [5.41, 5.74) is 0.853. The summed E-state index contributed by atoms with van der Waals surface area (Å²) in [6, 6.07) is 5.99. The number of aryl methyl sites for hydroxylation is 1. The molecule has 1 atom stereocenters. The number of ether oxygens (including phenoxy) is 1. The number of hydrogen-bond acceptors (Lipinski definition) is 6. The van der Waals surface area contributed by atoms with Crippen molar-refractivity contribution in [2.45, 2.75) is 31.7 Å². The fourth-order valence-electron chi connectivity index (χ4n) is 2.15. The first-order chi connectivity index (χ1) is 11.5. The van der Waals surface area contributed by atoms with Gasteiger partial charge in [0.1, 0.15) is 5.82 Å². The molecule has 130 valence electrons. The molecule has 0 saturated carbocycles. The number of nitrogens with zero attached hydrogens (tertiary/aromatic N) is 3. The molecule has 0 fully saturated rings. The van der Waals surface area contributed by atoms with E-state index < -0.39 is 0 Å². The number of rotatable bonds is 8. The van der Waals surface area contributed by atoms with Crippen molar-refractivity contribution in [2.75, 3.05) is 19.5 Å². The van der Waals surface area contributed by atoms with Crippen LogP contribution < -0.4 is 0 Å². The van der Waals surface area contributed by atoms with Gasteiger partial charge in [-0.3, -0.25) is 4.79 Å². The third-order valence-electron chi connectivity index (χ3n) is 3.35. The van der Waals surface area contributed by atoms with Gasteiger partial charge in [-0.05, 0) is 24.6 Å². The predicted molar refractivity (Wildman–Crippen MR) is 88.0 cm³/mol. The lowest BCUT2D eigenvalue weighted by molar-refractivity contribution is -0.132. The van der Waals surface area contributed by atoms with Crippen molar-refractivity contribution in [2.24, 2.45) is 0 Å². The molecule has 0 aliphatic rings. The van der Waals surface area contributed by atoms with Crippen LogP contribution in [-0.4, -0.2) is 46.5 Å². The highest BCUT2D eigenvalue weighted by Crippen LogP contribution is 2.18. The molecule has 0 aliphatic carbocycles. The van der Waals surface area contributed by atoms with E-state index in [0.717, 1.165) is 5.56 Å². The van der Waals surface area contributed by atoms with E-state index in [-0.39, 0.29) is 23.5 Å². The van der Waals surface area contributed by atoms with Crippen molar-refractivity contribution < 1.29 is 18.3 Å². The molecule has 6 nitrogen and oxygen atoms in total. The minimum absolute atomic E-state index is 0.0790. The maximum Gasteiger partial charge on any atom is 0.277 e. The van der Waals surface area contributed by atoms with Gasteiger partial charge in [-0.15, -0.1) is 10.2 Å². The Morgan fingerprint density at radius 2 is 2.08 bits per heavy atom. The molecule has 1 aromatic heterocycles. The van der Waals surface area contributed by atoms with Gasteiger partial charge in [-0.1, -0.05) is 23.9 Å². The SMILES string of the molecule is COCC(C)N(Cc1ccc(F)cc1)C(=O)CSc1nnc(C)o1. The number of thioether (sulfide) groups is 1. The van der Waals surface area contributed by atoms with Crippen molar-refractivity contribution in [1.29, 1.82) is 0 Å². The monoisotopic (exact) mass is 353 g/mol. The molecule has 2 aromatic rings. The van der Waals surface area contributed by atoms with Crippen LogP contribution in [-0.2, 0) is 16.1 Å². The Bertz CT molecular complexity index is 663. The third-order valence-corrected chi connectivity index (χ3v) is 4.16. The van der Waals surface area contributed by atoms with Gasteiger partial charge in [-0.2, -0.15) is 0 Å². The molecule has 0 saturated heterocycles. The van der Waals surface area contributed by atoms with E-state index in [4.69, 9.17) is 9.15 Å². The van der Waals surface area contributed by atoms with Crippen LogP contribution in [0.4, 0.5) is 4.39 Å². The zero-order valence-corrected chi connectivity index (χ0v) is 14.7. The number of halogens is 1. The topological polar surface area (TPSA) is 68.5 Å². The van der Waals surface area contributed by atoms with E-state index >= 15 is 0 Å². The quantitative estimate of drug-likeness (QED) is 0.680. The van der Waals surface area contributed by atoms with E-state index in [1.165, 1.54) is 23.9 Å². The Balaban J connectivity index is 2.03. The smallest absolute Gasteiger partial charge is 0.277 e. The molecule has 24 heavy (non-hydrogen) atoms. The number of methoxy groups -OCH3 is 1. The number of amides is 1. The Hall–Kier alpha value is -1.93. The van der Waals surface area contributed by atoms with Crippen LogP contribution >= 0.6 is 11.8 Å².